The normalized spacial score (nSPS) is 12.9. The number of benzene rings is 5. The quantitative estimate of drug-likeness (QED) is 0.159. The maximum Gasteiger partial charge on any atom is 0.132 e. The van der Waals surface area contributed by atoms with E-state index >= 15 is 0 Å². The lowest BCUT2D eigenvalue weighted by Crippen LogP contribution is -2.09. The molecule has 0 saturated heterocycles. The largest absolute Gasteiger partial charge is 0.309 e. The Labute approximate surface area is 235 Å². The number of rotatable bonds is 3. The fourth-order valence-corrected chi connectivity index (χ4v) is 7.82. The molecule has 192 valence electrons. The van der Waals surface area contributed by atoms with Crippen LogP contribution in [0.3, 0.4) is 0 Å². The van der Waals surface area contributed by atoms with E-state index < -0.39 is 0 Å². The summed E-state index contributed by atoms with van der Waals surface area (Å²) in [4.78, 5) is 4.88. The molecular weight excluding hydrogens is 506 g/mol. The first-order valence-corrected chi connectivity index (χ1v) is 14.6. The predicted molar refractivity (Wildman–Crippen MR) is 175 cm³/mol. The van der Waals surface area contributed by atoms with E-state index in [1.807, 2.05) is 11.3 Å². The second-order valence-electron chi connectivity index (χ2n) is 10.1. The number of aromatic nitrogens is 2. The topological polar surface area (TPSA) is 22.2 Å². The zero-order valence-corrected chi connectivity index (χ0v) is 23.2. The van der Waals surface area contributed by atoms with Gasteiger partial charge in [0, 0.05) is 53.9 Å². The first-order chi connectivity index (χ1) is 19.8. The zero-order chi connectivity index (χ0) is 26.8. The molecule has 0 fully saturated rings. The van der Waals surface area contributed by atoms with Gasteiger partial charge < -0.3 is 4.57 Å². The van der Waals surface area contributed by atoms with Gasteiger partial charge in [0.05, 0.1) is 22.1 Å². The van der Waals surface area contributed by atoms with Gasteiger partial charge in [-0.15, -0.1) is 11.3 Å². The van der Waals surface area contributed by atoms with Gasteiger partial charge in [0.1, 0.15) is 5.84 Å². The van der Waals surface area contributed by atoms with Gasteiger partial charge in [-0.25, -0.2) is 0 Å². The molecule has 5 aromatic carbocycles. The molecule has 8 rings (SSSR count). The van der Waals surface area contributed by atoms with Crippen LogP contribution in [0.1, 0.15) is 13.8 Å². The van der Waals surface area contributed by atoms with E-state index in [0.29, 0.717) is 0 Å². The molecule has 0 saturated carbocycles. The van der Waals surface area contributed by atoms with E-state index in [9.17, 15) is 0 Å². The molecule has 3 aromatic heterocycles. The van der Waals surface area contributed by atoms with Gasteiger partial charge in [0.15, 0.2) is 0 Å². The molecule has 0 aliphatic carbocycles. The minimum Gasteiger partial charge on any atom is -0.309 e. The van der Waals surface area contributed by atoms with Gasteiger partial charge in [-0.3, -0.25) is 9.56 Å². The van der Waals surface area contributed by atoms with Crippen molar-refractivity contribution >= 4 is 81.0 Å². The second kappa shape index (κ2) is 8.94. The zero-order valence-electron chi connectivity index (χ0n) is 22.4. The second-order valence-corrected chi connectivity index (χ2v) is 11.2. The molecule has 0 bridgehead atoms. The molecule has 40 heavy (non-hydrogen) atoms. The van der Waals surface area contributed by atoms with Gasteiger partial charge in [-0.1, -0.05) is 72.8 Å². The lowest BCUT2D eigenvalue weighted by atomic mass is 10.1. The van der Waals surface area contributed by atoms with E-state index in [1.54, 1.807) is 0 Å². The van der Waals surface area contributed by atoms with E-state index in [0.717, 1.165) is 12.4 Å². The van der Waals surface area contributed by atoms with Crippen molar-refractivity contribution in [1.82, 2.24) is 9.13 Å². The highest BCUT2D eigenvalue weighted by Crippen LogP contribution is 2.46. The highest BCUT2D eigenvalue weighted by molar-refractivity contribution is 7.27. The number of hydrogen-bond acceptors (Lipinski definition) is 2. The van der Waals surface area contributed by atoms with Crippen molar-refractivity contribution in [2.24, 2.45) is 4.99 Å². The first kappa shape index (κ1) is 23.2. The molecule has 0 radical (unpaired) electrons. The maximum absolute atomic E-state index is 4.88. The monoisotopic (exact) mass is 533 g/mol. The van der Waals surface area contributed by atoms with Crippen molar-refractivity contribution in [2.45, 2.75) is 13.8 Å². The number of allylic oxidation sites excluding steroid dienone is 2. The van der Waals surface area contributed by atoms with E-state index in [1.165, 1.54) is 69.5 Å². The summed E-state index contributed by atoms with van der Waals surface area (Å²) in [6.07, 6.45) is 4.19. The summed E-state index contributed by atoms with van der Waals surface area (Å²) in [6.45, 7) is 4.89. The number of fused-ring (bicyclic) bond motifs is 11. The van der Waals surface area contributed by atoms with Crippen LogP contribution in [-0.2, 0) is 0 Å². The smallest absolute Gasteiger partial charge is 0.132 e. The molecule has 0 unspecified atom stereocenters. The van der Waals surface area contributed by atoms with Crippen LogP contribution in [0.15, 0.2) is 120 Å². The highest BCUT2D eigenvalue weighted by Gasteiger charge is 2.21. The molecule has 3 heterocycles. The van der Waals surface area contributed by atoms with Crippen LogP contribution in [0.5, 0.6) is 0 Å². The summed E-state index contributed by atoms with van der Waals surface area (Å²) >= 11 is 1.93. The predicted octanol–water partition coefficient (Wildman–Crippen LogP) is 10.1. The summed E-state index contributed by atoms with van der Waals surface area (Å²) in [5.74, 6) is 0.977. The number of thiophene rings is 1. The molecule has 3 nitrogen and oxygen atoms in total. The van der Waals surface area contributed by atoms with Crippen molar-refractivity contribution in [1.29, 1.82) is 0 Å². The summed E-state index contributed by atoms with van der Waals surface area (Å²) in [5, 5.41) is 7.83. The number of aliphatic imine (C=N–C) groups is 1. The van der Waals surface area contributed by atoms with E-state index in [2.05, 4.69) is 138 Å². The average molecular weight is 534 g/mol. The molecule has 0 N–H and O–H groups in total. The minimum absolute atomic E-state index is 0.738. The number of hydrogen-bond donors (Lipinski definition) is 0. The van der Waals surface area contributed by atoms with Crippen LogP contribution >= 0.6 is 11.3 Å². The van der Waals surface area contributed by atoms with Crippen LogP contribution in [0, 0.1) is 0 Å². The van der Waals surface area contributed by atoms with Gasteiger partial charge in [0.25, 0.3) is 0 Å². The molecule has 0 aliphatic heterocycles. The first-order valence-electron chi connectivity index (χ1n) is 13.8. The molecule has 0 spiro atoms. The van der Waals surface area contributed by atoms with Crippen molar-refractivity contribution in [3.8, 4) is 5.69 Å². The standard InChI is InChI=1S/C36H27N3S/c1-3-12-32(37-4-2)39-29-18-11-9-16-27(29)34-31(39)22-20-25-24-19-21-30-33(35(24)40-36(25)34)26-15-8-10-17-28(26)38(30)23-13-6-5-7-14-23/h3,5-22H,4H2,1-2H3/b12-3-,37-32?. The van der Waals surface area contributed by atoms with Crippen LogP contribution < -0.4 is 0 Å². The van der Waals surface area contributed by atoms with Crippen molar-refractivity contribution in [3.63, 3.8) is 0 Å². The summed E-state index contributed by atoms with van der Waals surface area (Å²) in [5.41, 5.74) is 6.07. The number of nitrogens with zero attached hydrogens (tertiary/aromatic N) is 3. The van der Waals surface area contributed by atoms with Crippen molar-refractivity contribution < 1.29 is 0 Å². The Morgan fingerprint density at radius 3 is 1.95 bits per heavy atom. The third-order valence-electron chi connectivity index (χ3n) is 7.96. The van der Waals surface area contributed by atoms with Crippen LogP contribution in [0.25, 0.3) is 69.5 Å². The molecule has 4 heteroatoms. The fraction of sp³-hybridized carbons (Fsp3) is 0.0833. The lowest BCUT2D eigenvalue weighted by molar-refractivity contribution is 1.10. The lowest BCUT2D eigenvalue weighted by Gasteiger charge is -2.08. The van der Waals surface area contributed by atoms with Gasteiger partial charge in [0.2, 0.25) is 0 Å². The highest BCUT2D eigenvalue weighted by atomic mass is 32.1. The Kier molecular flexibility index (Phi) is 5.19. The van der Waals surface area contributed by atoms with E-state index in [4.69, 9.17) is 4.99 Å². The summed E-state index contributed by atoms with van der Waals surface area (Å²) < 4.78 is 7.41. The van der Waals surface area contributed by atoms with Crippen LogP contribution in [0.4, 0.5) is 0 Å². The van der Waals surface area contributed by atoms with Crippen LogP contribution in [0.2, 0.25) is 0 Å². The molecule has 8 aromatic rings. The molecule has 0 amide bonds. The van der Waals surface area contributed by atoms with Gasteiger partial charge in [-0.2, -0.15) is 0 Å². The minimum atomic E-state index is 0.738. The van der Waals surface area contributed by atoms with Gasteiger partial charge in [-0.05, 0) is 56.3 Å². The fourth-order valence-electron chi connectivity index (χ4n) is 6.41. The third kappa shape index (κ3) is 3.14. The van der Waals surface area contributed by atoms with Gasteiger partial charge >= 0.3 is 0 Å². The summed E-state index contributed by atoms with van der Waals surface area (Å²) in [7, 11) is 0. The Morgan fingerprint density at radius 1 is 0.650 bits per heavy atom. The Morgan fingerprint density at radius 2 is 1.25 bits per heavy atom. The Balaban J connectivity index is 1.55. The SMILES string of the molecule is C/C=C\C(=NCC)n1c2ccccc2c2c3sc4c(ccc5c4c4ccccc4n5-c4ccccc4)c3ccc21. The molecule has 0 aliphatic rings. The Bertz CT molecular complexity index is 2310. The van der Waals surface area contributed by atoms with Crippen molar-refractivity contribution in [2.75, 3.05) is 6.54 Å². The maximum atomic E-state index is 4.88. The number of para-hydroxylation sites is 3. The van der Waals surface area contributed by atoms with Crippen LogP contribution in [-0.4, -0.2) is 21.5 Å². The van der Waals surface area contributed by atoms with Crippen molar-refractivity contribution in [3.05, 3.63) is 115 Å². The Hall–Kier alpha value is -4.67. The van der Waals surface area contributed by atoms with E-state index in [-0.39, 0.29) is 0 Å². The summed E-state index contributed by atoms with van der Waals surface area (Å²) in [6, 6.07) is 37.5. The molecule has 0 atom stereocenters. The average Bonchev–Trinajstić information content (AvgIpc) is 3.65. The third-order valence-corrected chi connectivity index (χ3v) is 9.21. The molecular formula is C36H27N3S.